The van der Waals surface area contributed by atoms with Gasteiger partial charge in [-0.2, -0.15) is 0 Å². The molecular weight excluding hydrogens is 282 g/mol. The monoisotopic (exact) mass is 303 g/mol. The first-order chi connectivity index (χ1) is 10.5. The Balaban J connectivity index is 1.81. The van der Waals surface area contributed by atoms with Gasteiger partial charge in [-0.25, -0.2) is 9.97 Å². The van der Waals surface area contributed by atoms with Crippen LogP contribution in [0.15, 0.2) is 17.2 Å². The number of aromatic nitrogens is 4. The van der Waals surface area contributed by atoms with Gasteiger partial charge in [-0.15, -0.1) is 0 Å². The number of hydrogen-bond acceptors (Lipinski definition) is 4. The second-order valence-corrected chi connectivity index (χ2v) is 5.27. The van der Waals surface area contributed by atoms with Gasteiger partial charge in [0.1, 0.15) is 11.6 Å². The largest absolute Gasteiger partial charge is 0.356 e. The van der Waals surface area contributed by atoms with E-state index in [1.807, 2.05) is 17.7 Å². The van der Waals surface area contributed by atoms with Gasteiger partial charge in [0.2, 0.25) is 5.91 Å². The minimum atomic E-state index is -0.189. The summed E-state index contributed by atoms with van der Waals surface area (Å²) >= 11 is 0. The number of aromatic amines is 1. The molecule has 0 aliphatic rings. The maximum Gasteiger partial charge on any atom is 0.254 e. The molecule has 118 valence electrons. The molecule has 7 nitrogen and oxygen atoms in total. The van der Waals surface area contributed by atoms with Crippen molar-refractivity contribution in [2.24, 2.45) is 0 Å². The van der Waals surface area contributed by atoms with E-state index < -0.39 is 0 Å². The first kappa shape index (κ1) is 15.9. The Morgan fingerprint density at radius 1 is 1.36 bits per heavy atom. The molecule has 2 rings (SSSR count). The molecule has 0 spiro atoms. The summed E-state index contributed by atoms with van der Waals surface area (Å²) in [6.45, 7) is 6.72. The molecule has 0 unspecified atom stereocenters. The Morgan fingerprint density at radius 3 is 2.82 bits per heavy atom. The lowest BCUT2D eigenvalue weighted by atomic mass is 10.2. The van der Waals surface area contributed by atoms with E-state index in [0.717, 1.165) is 18.8 Å². The molecule has 22 heavy (non-hydrogen) atoms. The number of carbonyl (C=O) groups is 1. The summed E-state index contributed by atoms with van der Waals surface area (Å²) in [6.07, 6.45) is 4.63. The fourth-order valence-electron chi connectivity index (χ4n) is 2.21. The highest BCUT2D eigenvalue weighted by atomic mass is 16.1. The third kappa shape index (κ3) is 4.03. The fourth-order valence-corrected chi connectivity index (χ4v) is 2.21. The van der Waals surface area contributed by atoms with Crippen LogP contribution in [0.2, 0.25) is 0 Å². The second kappa shape index (κ2) is 7.02. The van der Waals surface area contributed by atoms with Crippen LogP contribution in [-0.2, 0) is 17.8 Å². The number of carbonyl (C=O) groups excluding carboxylic acids is 1. The molecule has 2 aromatic rings. The van der Waals surface area contributed by atoms with Crippen molar-refractivity contribution in [3.63, 3.8) is 0 Å². The van der Waals surface area contributed by atoms with E-state index in [0.29, 0.717) is 23.6 Å². The molecular formula is C15H21N5O2. The quantitative estimate of drug-likeness (QED) is 0.766. The Kier molecular flexibility index (Phi) is 5.08. The summed E-state index contributed by atoms with van der Waals surface area (Å²) in [4.78, 5) is 34.6. The predicted octanol–water partition coefficient (Wildman–Crippen LogP) is 0.641. The molecule has 2 aromatic heterocycles. The Hall–Kier alpha value is -2.44. The average molecular weight is 303 g/mol. The van der Waals surface area contributed by atoms with E-state index in [1.54, 1.807) is 20.0 Å². The first-order valence-corrected chi connectivity index (χ1v) is 7.28. The van der Waals surface area contributed by atoms with Gasteiger partial charge in [-0.1, -0.05) is 0 Å². The van der Waals surface area contributed by atoms with Crippen LogP contribution in [0.1, 0.15) is 29.3 Å². The number of imidazole rings is 1. The average Bonchev–Trinajstić information content (AvgIpc) is 2.86. The van der Waals surface area contributed by atoms with Crippen molar-refractivity contribution in [2.45, 2.75) is 40.2 Å². The van der Waals surface area contributed by atoms with E-state index >= 15 is 0 Å². The number of aryl methyl sites for hydroxylation is 3. The zero-order chi connectivity index (χ0) is 16.1. The standard InChI is InChI=1S/C15H21N5O2/c1-10-13(18-11(2)19-15(10)22)9-14(21)17-5-4-7-20-8-6-16-12(20)3/h6,8H,4-5,7,9H2,1-3H3,(H,17,21)(H,18,19,22). The van der Waals surface area contributed by atoms with Gasteiger partial charge in [0.15, 0.2) is 0 Å². The van der Waals surface area contributed by atoms with Crippen molar-refractivity contribution in [3.05, 3.63) is 45.7 Å². The Bertz CT molecular complexity index is 717. The summed E-state index contributed by atoms with van der Waals surface area (Å²) in [5, 5.41) is 2.85. The van der Waals surface area contributed by atoms with Crippen LogP contribution in [0, 0.1) is 20.8 Å². The van der Waals surface area contributed by atoms with Crippen molar-refractivity contribution in [1.29, 1.82) is 0 Å². The third-order valence-electron chi connectivity index (χ3n) is 3.52. The topological polar surface area (TPSA) is 92.7 Å². The third-order valence-corrected chi connectivity index (χ3v) is 3.52. The van der Waals surface area contributed by atoms with Crippen molar-refractivity contribution < 1.29 is 4.79 Å². The van der Waals surface area contributed by atoms with Crippen LogP contribution in [0.3, 0.4) is 0 Å². The molecule has 0 fully saturated rings. The van der Waals surface area contributed by atoms with Crippen molar-refractivity contribution >= 4 is 5.91 Å². The minimum absolute atomic E-state index is 0.122. The number of rotatable bonds is 6. The Labute approximate surface area is 128 Å². The van der Waals surface area contributed by atoms with E-state index in [2.05, 4.69) is 20.3 Å². The van der Waals surface area contributed by atoms with Gasteiger partial charge in [-0.05, 0) is 27.2 Å². The van der Waals surface area contributed by atoms with Crippen LogP contribution in [0.25, 0.3) is 0 Å². The zero-order valence-corrected chi connectivity index (χ0v) is 13.1. The number of nitrogens with one attached hydrogen (secondary N) is 2. The maximum atomic E-state index is 11.9. The van der Waals surface area contributed by atoms with E-state index in [-0.39, 0.29) is 17.9 Å². The molecule has 0 aliphatic heterocycles. The number of hydrogen-bond donors (Lipinski definition) is 2. The Morgan fingerprint density at radius 2 is 2.14 bits per heavy atom. The van der Waals surface area contributed by atoms with Crippen molar-refractivity contribution in [2.75, 3.05) is 6.54 Å². The number of H-pyrrole nitrogens is 1. The molecule has 2 heterocycles. The van der Waals surface area contributed by atoms with E-state index in [9.17, 15) is 9.59 Å². The normalized spacial score (nSPS) is 10.7. The molecule has 0 saturated heterocycles. The van der Waals surface area contributed by atoms with Gasteiger partial charge >= 0.3 is 0 Å². The van der Waals surface area contributed by atoms with Crippen molar-refractivity contribution in [3.8, 4) is 0 Å². The smallest absolute Gasteiger partial charge is 0.254 e. The summed E-state index contributed by atoms with van der Waals surface area (Å²) < 4.78 is 2.04. The summed E-state index contributed by atoms with van der Waals surface area (Å²) in [5.74, 6) is 1.36. The SMILES string of the molecule is Cc1nc(CC(=O)NCCCn2ccnc2C)c(C)c(=O)[nH]1. The molecule has 2 N–H and O–H groups in total. The molecule has 0 aliphatic carbocycles. The molecule has 0 atom stereocenters. The van der Waals surface area contributed by atoms with Crippen LogP contribution in [0.5, 0.6) is 0 Å². The second-order valence-electron chi connectivity index (χ2n) is 5.27. The summed E-state index contributed by atoms with van der Waals surface area (Å²) in [7, 11) is 0. The van der Waals surface area contributed by atoms with E-state index in [4.69, 9.17) is 0 Å². The van der Waals surface area contributed by atoms with E-state index in [1.165, 1.54) is 0 Å². The molecule has 0 aromatic carbocycles. The van der Waals surface area contributed by atoms with Crippen LogP contribution >= 0.6 is 0 Å². The lowest BCUT2D eigenvalue weighted by Gasteiger charge is -2.08. The predicted molar refractivity (Wildman–Crippen MR) is 82.6 cm³/mol. The van der Waals surface area contributed by atoms with Crippen LogP contribution in [-0.4, -0.2) is 32.0 Å². The highest BCUT2D eigenvalue weighted by Crippen LogP contribution is 2.01. The van der Waals surface area contributed by atoms with Gasteiger partial charge in [-0.3, -0.25) is 9.59 Å². The molecule has 0 saturated carbocycles. The van der Waals surface area contributed by atoms with Gasteiger partial charge in [0.25, 0.3) is 5.56 Å². The molecule has 1 amide bonds. The number of amides is 1. The van der Waals surface area contributed by atoms with Gasteiger partial charge in [0.05, 0.1) is 12.1 Å². The lowest BCUT2D eigenvalue weighted by molar-refractivity contribution is -0.120. The number of nitrogens with zero attached hydrogens (tertiary/aromatic N) is 3. The molecule has 7 heteroatoms. The fraction of sp³-hybridized carbons (Fsp3) is 0.467. The summed E-state index contributed by atoms with van der Waals surface area (Å²) in [5.41, 5.74) is 0.838. The van der Waals surface area contributed by atoms with Gasteiger partial charge < -0.3 is 14.9 Å². The zero-order valence-electron chi connectivity index (χ0n) is 13.1. The molecule has 0 radical (unpaired) electrons. The summed E-state index contributed by atoms with van der Waals surface area (Å²) in [6, 6.07) is 0. The highest BCUT2D eigenvalue weighted by molar-refractivity contribution is 5.78. The molecule has 0 bridgehead atoms. The maximum absolute atomic E-state index is 11.9. The first-order valence-electron chi connectivity index (χ1n) is 7.28. The van der Waals surface area contributed by atoms with Gasteiger partial charge in [0, 0.05) is 31.0 Å². The van der Waals surface area contributed by atoms with Crippen LogP contribution < -0.4 is 10.9 Å². The van der Waals surface area contributed by atoms with Crippen LogP contribution in [0.4, 0.5) is 0 Å². The minimum Gasteiger partial charge on any atom is -0.356 e. The lowest BCUT2D eigenvalue weighted by Crippen LogP contribution is -2.29. The highest BCUT2D eigenvalue weighted by Gasteiger charge is 2.10. The van der Waals surface area contributed by atoms with Crippen molar-refractivity contribution in [1.82, 2.24) is 24.8 Å².